The Morgan fingerprint density at radius 2 is 1.94 bits per heavy atom. The summed E-state index contributed by atoms with van der Waals surface area (Å²) in [5, 5.41) is 3.22. The number of carbonyl (C=O) groups is 2. The molecule has 33 heavy (non-hydrogen) atoms. The predicted octanol–water partition coefficient (Wildman–Crippen LogP) is 4.08. The van der Waals surface area contributed by atoms with Crippen LogP contribution in [0.1, 0.15) is 16.8 Å². The second-order valence-corrected chi connectivity index (χ2v) is 8.21. The van der Waals surface area contributed by atoms with E-state index in [1.807, 2.05) is 54.6 Å². The molecule has 3 aromatic rings. The molecule has 2 amide bonds. The van der Waals surface area contributed by atoms with Gasteiger partial charge in [0.25, 0.3) is 5.91 Å². The highest BCUT2D eigenvalue weighted by atomic mass is 16.6. The van der Waals surface area contributed by atoms with E-state index in [9.17, 15) is 9.59 Å². The normalized spacial score (nSPS) is 19.6. The van der Waals surface area contributed by atoms with Crippen molar-refractivity contribution >= 4 is 29.2 Å². The van der Waals surface area contributed by atoms with E-state index in [0.29, 0.717) is 43.2 Å². The second kappa shape index (κ2) is 8.46. The molecule has 1 N–H and O–H groups in total. The van der Waals surface area contributed by atoms with Crippen molar-refractivity contribution in [3.05, 3.63) is 78.5 Å². The molecular formula is C25H24N4O4. The topological polar surface area (TPSA) is 84.0 Å². The van der Waals surface area contributed by atoms with E-state index in [2.05, 4.69) is 10.3 Å². The first kappa shape index (κ1) is 20.8. The Kier molecular flexibility index (Phi) is 5.34. The third-order valence-corrected chi connectivity index (χ3v) is 6.01. The molecule has 3 heterocycles. The van der Waals surface area contributed by atoms with Gasteiger partial charge in [-0.3, -0.25) is 9.69 Å². The number of methoxy groups -OCH3 is 1. The fourth-order valence-corrected chi connectivity index (χ4v) is 4.35. The van der Waals surface area contributed by atoms with Gasteiger partial charge in [0, 0.05) is 36.6 Å². The molecule has 2 aromatic carbocycles. The highest BCUT2D eigenvalue weighted by Crippen LogP contribution is 2.36. The van der Waals surface area contributed by atoms with Crippen LogP contribution < -0.4 is 15.0 Å². The molecule has 1 unspecified atom stereocenters. The van der Waals surface area contributed by atoms with Gasteiger partial charge < -0.3 is 19.7 Å². The van der Waals surface area contributed by atoms with Crippen LogP contribution in [0.4, 0.5) is 22.0 Å². The van der Waals surface area contributed by atoms with Gasteiger partial charge in [-0.25, -0.2) is 9.78 Å². The van der Waals surface area contributed by atoms with Gasteiger partial charge in [-0.15, -0.1) is 0 Å². The summed E-state index contributed by atoms with van der Waals surface area (Å²) in [5.41, 5.74) is 1.32. The Morgan fingerprint density at radius 3 is 2.76 bits per heavy atom. The minimum absolute atomic E-state index is 0.153. The van der Waals surface area contributed by atoms with Gasteiger partial charge in [-0.2, -0.15) is 0 Å². The molecular weight excluding hydrogens is 420 g/mol. The smallest absolute Gasteiger partial charge is 0.415 e. The Balaban J connectivity index is 1.33. The summed E-state index contributed by atoms with van der Waals surface area (Å²) >= 11 is 0. The zero-order valence-electron chi connectivity index (χ0n) is 18.2. The minimum atomic E-state index is -0.703. The number of hydrogen-bond donors (Lipinski definition) is 1. The lowest BCUT2D eigenvalue weighted by Gasteiger charge is -2.23. The lowest BCUT2D eigenvalue weighted by atomic mass is 10.0. The van der Waals surface area contributed by atoms with E-state index >= 15 is 0 Å². The van der Waals surface area contributed by atoms with Crippen molar-refractivity contribution < 1.29 is 19.1 Å². The lowest BCUT2D eigenvalue weighted by molar-refractivity contribution is 0.0554. The fourth-order valence-electron chi connectivity index (χ4n) is 4.35. The Bertz CT molecular complexity index is 1190. The van der Waals surface area contributed by atoms with Crippen LogP contribution in [0.3, 0.4) is 0 Å². The Hall–Kier alpha value is -4.07. The number of rotatable bonds is 5. The summed E-state index contributed by atoms with van der Waals surface area (Å²) in [4.78, 5) is 33.7. The minimum Gasteiger partial charge on any atom is -0.497 e. The predicted molar refractivity (Wildman–Crippen MR) is 124 cm³/mol. The van der Waals surface area contributed by atoms with Gasteiger partial charge in [-0.05, 0) is 36.4 Å². The van der Waals surface area contributed by atoms with E-state index in [-0.39, 0.29) is 12.0 Å². The van der Waals surface area contributed by atoms with E-state index in [0.717, 1.165) is 11.4 Å². The number of benzene rings is 2. The van der Waals surface area contributed by atoms with Gasteiger partial charge in [0.15, 0.2) is 5.60 Å². The molecule has 0 saturated carbocycles. The van der Waals surface area contributed by atoms with Crippen molar-refractivity contribution in [3.8, 4) is 5.75 Å². The van der Waals surface area contributed by atoms with Crippen LogP contribution in [0.25, 0.3) is 0 Å². The summed E-state index contributed by atoms with van der Waals surface area (Å²) < 4.78 is 11.1. The molecule has 0 bridgehead atoms. The van der Waals surface area contributed by atoms with Crippen LogP contribution in [-0.2, 0) is 4.74 Å². The lowest BCUT2D eigenvalue weighted by Crippen LogP contribution is -2.39. The average Bonchev–Trinajstić information content (AvgIpc) is 3.42. The maximum atomic E-state index is 13.4. The van der Waals surface area contributed by atoms with E-state index in [1.165, 1.54) is 0 Å². The van der Waals surface area contributed by atoms with E-state index < -0.39 is 5.60 Å². The van der Waals surface area contributed by atoms with Gasteiger partial charge in [0.2, 0.25) is 0 Å². The molecule has 1 spiro atoms. The molecule has 0 aliphatic carbocycles. The molecule has 2 fully saturated rings. The van der Waals surface area contributed by atoms with Gasteiger partial charge in [-0.1, -0.05) is 24.3 Å². The van der Waals surface area contributed by atoms with Crippen molar-refractivity contribution in [3.63, 3.8) is 0 Å². The molecule has 1 aromatic heterocycles. The van der Waals surface area contributed by atoms with Crippen molar-refractivity contribution in [1.82, 2.24) is 9.88 Å². The summed E-state index contributed by atoms with van der Waals surface area (Å²) in [6.07, 6.45) is 1.85. The van der Waals surface area contributed by atoms with Crippen LogP contribution in [0.15, 0.2) is 72.9 Å². The van der Waals surface area contributed by atoms with Crippen LogP contribution in [-0.4, -0.2) is 54.2 Å². The average molecular weight is 444 g/mol. The fraction of sp³-hybridized carbons (Fsp3) is 0.240. The maximum absolute atomic E-state index is 13.4. The quantitative estimate of drug-likeness (QED) is 0.639. The molecule has 2 aliphatic rings. The standard InChI is InChI=1S/C25H24N4O4/c1-32-20-10-5-7-18(15-20)27-22-21(11-6-13-26-22)23(30)28-14-12-25(16-28)17-29(24(31)33-25)19-8-3-2-4-9-19/h2-11,13,15H,12,14,16-17H2,1H3,(H,26,27). The number of amides is 2. The highest BCUT2D eigenvalue weighted by Gasteiger charge is 2.51. The zero-order chi connectivity index (χ0) is 22.8. The molecule has 1 atom stereocenters. The van der Waals surface area contributed by atoms with Crippen molar-refractivity contribution in [1.29, 1.82) is 0 Å². The number of para-hydroxylation sites is 1. The largest absolute Gasteiger partial charge is 0.497 e. The summed E-state index contributed by atoms with van der Waals surface area (Å²) in [5.74, 6) is 1.02. The van der Waals surface area contributed by atoms with Gasteiger partial charge >= 0.3 is 6.09 Å². The zero-order valence-corrected chi connectivity index (χ0v) is 18.2. The van der Waals surface area contributed by atoms with E-state index in [1.54, 1.807) is 35.2 Å². The molecule has 8 heteroatoms. The first-order chi connectivity index (χ1) is 16.1. The number of anilines is 3. The summed E-state index contributed by atoms with van der Waals surface area (Å²) in [7, 11) is 1.60. The van der Waals surface area contributed by atoms with Gasteiger partial charge in [0.1, 0.15) is 11.6 Å². The third-order valence-electron chi connectivity index (χ3n) is 6.01. The number of nitrogens with zero attached hydrogens (tertiary/aromatic N) is 3. The van der Waals surface area contributed by atoms with Crippen molar-refractivity contribution in [2.75, 3.05) is 37.0 Å². The van der Waals surface area contributed by atoms with E-state index in [4.69, 9.17) is 9.47 Å². The summed E-state index contributed by atoms with van der Waals surface area (Å²) in [6, 6.07) is 20.4. The second-order valence-electron chi connectivity index (χ2n) is 8.21. The van der Waals surface area contributed by atoms with Gasteiger partial charge in [0.05, 0.1) is 25.8 Å². The molecule has 2 saturated heterocycles. The van der Waals surface area contributed by atoms with Crippen LogP contribution in [0, 0.1) is 0 Å². The summed E-state index contributed by atoms with van der Waals surface area (Å²) in [6.45, 7) is 1.26. The number of hydrogen-bond acceptors (Lipinski definition) is 6. The van der Waals surface area contributed by atoms with Crippen LogP contribution in [0.5, 0.6) is 5.75 Å². The SMILES string of the molecule is COc1cccc(Nc2ncccc2C(=O)N2CCC3(C2)CN(c2ccccc2)C(=O)O3)c1. The highest BCUT2D eigenvalue weighted by molar-refractivity contribution is 6.00. The first-order valence-electron chi connectivity index (χ1n) is 10.8. The monoisotopic (exact) mass is 444 g/mol. The number of pyridine rings is 1. The third kappa shape index (κ3) is 4.07. The molecule has 2 aliphatic heterocycles. The number of ether oxygens (including phenoxy) is 2. The Morgan fingerprint density at radius 1 is 1.09 bits per heavy atom. The maximum Gasteiger partial charge on any atom is 0.415 e. The van der Waals surface area contributed by atoms with Crippen molar-refractivity contribution in [2.45, 2.75) is 12.0 Å². The Labute approximate surface area is 191 Å². The molecule has 168 valence electrons. The van der Waals surface area contributed by atoms with Crippen LogP contribution >= 0.6 is 0 Å². The molecule has 0 radical (unpaired) electrons. The number of nitrogens with one attached hydrogen (secondary N) is 1. The first-order valence-corrected chi connectivity index (χ1v) is 10.8. The number of likely N-dealkylation sites (tertiary alicyclic amines) is 1. The van der Waals surface area contributed by atoms with Crippen LogP contribution in [0.2, 0.25) is 0 Å². The number of aromatic nitrogens is 1. The number of carbonyl (C=O) groups excluding carboxylic acids is 2. The van der Waals surface area contributed by atoms with Crippen molar-refractivity contribution in [2.24, 2.45) is 0 Å². The molecule has 8 nitrogen and oxygen atoms in total. The molecule has 5 rings (SSSR count).